The average Bonchev–Trinajstić information content (AvgIpc) is 2.04. The lowest BCUT2D eigenvalue weighted by atomic mass is 10.3. The Bertz CT molecular complexity index is 83.1. The van der Waals surface area contributed by atoms with Crippen LogP contribution in [0.1, 0.15) is 40.5 Å². The number of hydrogen-bond donors (Lipinski definition) is 0. The maximum absolute atomic E-state index is 5.42. The minimum absolute atomic E-state index is 0. The summed E-state index contributed by atoms with van der Waals surface area (Å²) in [7, 11) is 0. The Labute approximate surface area is 88.8 Å². The van der Waals surface area contributed by atoms with Crippen LogP contribution in [0.2, 0.25) is 0 Å². The molecule has 0 fully saturated rings. The van der Waals surface area contributed by atoms with Crippen molar-refractivity contribution in [2.45, 2.75) is 52.7 Å². The number of hydrogen-bond acceptors (Lipinski definition) is 2. The van der Waals surface area contributed by atoms with Crippen LogP contribution in [0, 0.1) is 0 Å². The van der Waals surface area contributed by atoms with E-state index in [0.717, 1.165) is 12.8 Å². The lowest BCUT2D eigenvalue weighted by molar-refractivity contribution is 0.131. The number of halogens is 1. The fourth-order valence-corrected chi connectivity index (χ4v) is 1.24. The molecule has 0 aliphatic carbocycles. The van der Waals surface area contributed by atoms with Crippen LogP contribution in [0.5, 0.6) is 0 Å². The molecule has 0 aliphatic heterocycles. The Morgan fingerprint density at radius 3 is 1.58 bits per heavy atom. The molecule has 2 atom stereocenters. The van der Waals surface area contributed by atoms with E-state index < -0.39 is 0 Å². The molecule has 2 nitrogen and oxygen atoms in total. The third kappa shape index (κ3) is 8.84. The SMILES string of the molecule is CCC(C)[O][Al][O]C(C)CC.Cl. The van der Waals surface area contributed by atoms with Gasteiger partial charge in [0.05, 0.1) is 0 Å². The molecule has 0 saturated carbocycles. The van der Waals surface area contributed by atoms with E-state index in [4.69, 9.17) is 7.58 Å². The van der Waals surface area contributed by atoms with E-state index in [1.165, 1.54) is 0 Å². The lowest BCUT2D eigenvalue weighted by Crippen LogP contribution is -2.17. The Balaban J connectivity index is 0. The quantitative estimate of drug-likeness (QED) is 0.626. The molecule has 0 bridgehead atoms. The first-order valence-electron chi connectivity index (χ1n) is 4.33. The highest BCUT2D eigenvalue weighted by atomic mass is 35.5. The van der Waals surface area contributed by atoms with Gasteiger partial charge < -0.3 is 7.58 Å². The molecule has 0 spiro atoms. The predicted molar refractivity (Wildman–Crippen MR) is 54.7 cm³/mol. The van der Waals surface area contributed by atoms with E-state index in [2.05, 4.69) is 27.7 Å². The van der Waals surface area contributed by atoms with Crippen molar-refractivity contribution in [3.8, 4) is 0 Å². The van der Waals surface area contributed by atoms with Crippen LogP contribution in [-0.2, 0) is 7.58 Å². The zero-order valence-corrected chi connectivity index (χ0v) is 10.3. The van der Waals surface area contributed by atoms with Crippen LogP contribution >= 0.6 is 12.4 Å². The summed E-state index contributed by atoms with van der Waals surface area (Å²) in [6.07, 6.45) is 2.84. The molecule has 0 heterocycles. The van der Waals surface area contributed by atoms with Gasteiger partial charge in [0.1, 0.15) is 0 Å². The highest BCUT2D eigenvalue weighted by Crippen LogP contribution is 1.98. The van der Waals surface area contributed by atoms with Crippen molar-refractivity contribution in [3.63, 3.8) is 0 Å². The number of rotatable bonds is 6. The van der Waals surface area contributed by atoms with Crippen LogP contribution in [0.4, 0.5) is 0 Å². The van der Waals surface area contributed by atoms with Gasteiger partial charge in [-0.05, 0) is 26.7 Å². The van der Waals surface area contributed by atoms with E-state index in [1.54, 1.807) is 0 Å². The van der Waals surface area contributed by atoms with Gasteiger partial charge in [0.25, 0.3) is 0 Å². The summed E-state index contributed by atoms with van der Waals surface area (Å²) >= 11 is -0.250. The second kappa shape index (κ2) is 9.83. The van der Waals surface area contributed by atoms with Gasteiger partial charge in [0, 0.05) is 12.2 Å². The highest BCUT2D eigenvalue weighted by molar-refractivity contribution is 6.18. The van der Waals surface area contributed by atoms with Gasteiger partial charge in [-0.3, -0.25) is 0 Å². The standard InChI is InChI=1S/2C4H9O.Al.ClH/c2*1-3-4(2)5;;/h2*4H,3H2,1-2H3;;1H/q2*-1;+2;. The third-order valence-electron chi connectivity index (χ3n) is 1.73. The van der Waals surface area contributed by atoms with E-state index in [9.17, 15) is 0 Å². The Hall–Kier alpha value is 0.742. The second-order valence-corrected chi connectivity index (χ2v) is 3.54. The zero-order valence-electron chi connectivity index (χ0n) is 8.37. The van der Waals surface area contributed by atoms with Gasteiger partial charge in [-0.1, -0.05) is 13.8 Å². The average molecular weight is 210 g/mol. The normalized spacial score (nSPS) is 14.7. The molecule has 0 aliphatic rings. The van der Waals surface area contributed by atoms with Crippen LogP contribution < -0.4 is 0 Å². The van der Waals surface area contributed by atoms with Crippen LogP contribution in [0.3, 0.4) is 0 Å². The molecule has 0 aromatic carbocycles. The lowest BCUT2D eigenvalue weighted by Gasteiger charge is -2.13. The summed E-state index contributed by atoms with van der Waals surface area (Å²) in [5.41, 5.74) is 0. The Morgan fingerprint density at radius 2 is 1.33 bits per heavy atom. The van der Waals surface area contributed by atoms with Crippen molar-refractivity contribution in [2.24, 2.45) is 0 Å². The van der Waals surface area contributed by atoms with Crippen LogP contribution in [0.15, 0.2) is 0 Å². The summed E-state index contributed by atoms with van der Waals surface area (Å²) in [5, 5.41) is 0. The molecule has 4 heteroatoms. The van der Waals surface area contributed by atoms with Crippen molar-refractivity contribution in [1.82, 2.24) is 0 Å². The molecule has 0 rings (SSSR count). The maximum atomic E-state index is 5.42. The minimum Gasteiger partial charge on any atom is -0.481 e. The summed E-state index contributed by atoms with van der Waals surface area (Å²) in [6, 6.07) is 0. The van der Waals surface area contributed by atoms with Crippen molar-refractivity contribution in [1.29, 1.82) is 0 Å². The largest absolute Gasteiger partial charge is 0.668 e. The molecule has 12 heavy (non-hydrogen) atoms. The smallest absolute Gasteiger partial charge is 0.481 e. The fraction of sp³-hybridized carbons (Fsp3) is 1.00. The first-order valence-corrected chi connectivity index (χ1v) is 5.27. The van der Waals surface area contributed by atoms with E-state index in [-0.39, 0.29) is 28.3 Å². The molecule has 73 valence electrons. The molecule has 2 unspecified atom stereocenters. The monoisotopic (exact) mass is 209 g/mol. The first kappa shape index (κ1) is 15.2. The zero-order chi connectivity index (χ0) is 8.69. The van der Waals surface area contributed by atoms with Crippen molar-refractivity contribution >= 4 is 28.3 Å². The molecule has 0 aromatic heterocycles. The van der Waals surface area contributed by atoms with Crippen LogP contribution in [-0.4, -0.2) is 28.1 Å². The topological polar surface area (TPSA) is 18.5 Å². The van der Waals surface area contributed by atoms with Gasteiger partial charge in [0.15, 0.2) is 0 Å². The van der Waals surface area contributed by atoms with Crippen molar-refractivity contribution < 1.29 is 7.58 Å². The van der Waals surface area contributed by atoms with E-state index >= 15 is 0 Å². The third-order valence-corrected chi connectivity index (χ3v) is 2.88. The fourth-order valence-electron chi connectivity index (χ4n) is 0.414. The Kier molecular flexibility index (Phi) is 12.5. The molecular formula is C8H19AlClO2. The summed E-state index contributed by atoms with van der Waals surface area (Å²) in [6.45, 7) is 8.39. The van der Waals surface area contributed by atoms with Gasteiger partial charge in [0.2, 0.25) is 0 Å². The van der Waals surface area contributed by atoms with E-state index in [0.29, 0.717) is 12.2 Å². The summed E-state index contributed by atoms with van der Waals surface area (Å²) < 4.78 is 10.8. The van der Waals surface area contributed by atoms with Crippen molar-refractivity contribution in [2.75, 3.05) is 0 Å². The molecule has 0 saturated heterocycles. The predicted octanol–water partition coefficient (Wildman–Crippen LogP) is 2.57. The molecule has 1 radical (unpaired) electrons. The van der Waals surface area contributed by atoms with Crippen LogP contribution in [0.25, 0.3) is 0 Å². The minimum atomic E-state index is -0.250. The maximum Gasteiger partial charge on any atom is 0.668 e. The van der Waals surface area contributed by atoms with Gasteiger partial charge in [-0.25, -0.2) is 0 Å². The van der Waals surface area contributed by atoms with Gasteiger partial charge in [-0.15, -0.1) is 12.4 Å². The second-order valence-electron chi connectivity index (χ2n) is 2.81. The van der Waals surface area contributed by atoms with Crippen molar-refractivity contribution in [3.05, 3.63) is 0 Å². The molecular weight excluding hydrogens is 191 g/mol. The summed E-state index contributed by atoms with van der Waals surface area (Å²) in [5.74, 6) is 0. The first-order chi connectivity index (χ1) is 5.20. The Morgan fingerprint density at radius 1 is 1.00 bits per heavy atom. The summed E-state index contributed by atoms with van der Waals surface area (Å²) in [4.78, 5) is 0. The molecule has 0 aromatic rings. The van der Waals surface area contributed by atoms with Gasteiger partial charge in [-0.2, -0.15) is 0 Å². The van der Waals surface area contributed by atoms with Gasteiger partial charge >= 0.3 is 15.9 Å². The molecule has 0 N–H and O–H groups in total. The molecule has 0 amide bonds. The van der Waals surface area contributed by atoms with E-state index in [1.807, 2.05) is 0 Å². The highest BCUT2D eigenvalue weighted by Gasteiger charge is 2.05.